The molecule has 18 heavy (non-hydrogen) atoms. The smallest absolute Gasteiger partial charge is 0.326 e. The van der Waals surface area contributed by atoms with E-state index in [1.165, 1.54) is 0 Å². The maximum absolute atomic E-state index is 11.8. The van der Waals surface area contributed by atoms with Crippen molar-refractivity contribution in [3.63, 3.8) is 0 Å². The number of rotatable bonds is 5. The molecule has 98 valence electrons. The molecule has 0 unspecified atom stereocenters. The number of anilines is 1. The van der Waals surface area contributed by atoms with Crippen LogP contribution in [0.1, 0.15) is 32.6 Å². The van der Waals surface area contributed by atoms with Crippen LogP contribution >= 0.6 is 0 Å². The number of unbranched alkanes of at least 4 members (excludes halogenated alkanes) is 3. The molecule has 0 aliphatic rings. The lowest BCUT2D eigenvalue weighted by molar-refractivity contribution is 0.581. The van der Waals surface area contributed by atoms with Gasteiger partial charge >= 0.3 is 5.69 Å². The van der Waals surface area contributed by atoms with Gasteiger partial charge in [-0.25, -0.2) is 4.79 Å². The highest BCUT2D eigenvalue weighted by molar-refractivity contribution is 5.76. The van der Waals surface area contributed by atoms with E-state index in [9.17, 15) is 9.59 Å². The molecule has 0 bridgehead atoms. The quantitative estimate of drug-likeness (QED) is 0.695. The SMILES string of the molecule is CCCCCCn1c(=O)[nH]c2c(=O)[nH]c(N)cc21. The highest BCUT2D eigenvalue weighted by atomic mass is 16.1. The summed E-state index contributed by atoms with van der Waals surface area (Å²) in [5.41, 5.74) is 5.87. The normalized spacial score (nSPS) is 11.2. The first-order chi connectivity index (χ1) is 8.63. The van der Waals surface area contributed by atoms with Gasteiger partial charge < -0.3 is 15.7 Å². The van der Waals surface area contributed by atoms with Crippen molar-refractivity contribution in [1.29, 1.82) is 0 Å². The summed E-state index contributed by atoms with van der Waals surface area (Å²) in [6.45, 7) is 2.75. The van der Waals surface area contributed by atoms with E-state index in [0.29, 0.717) is 17.6 Å². The van der Waals surface area contributed by atoms with Crippen LogP contribution in [0, 0.1) is 0 Å². The average molecular weight is 250 g/mol. The number of hydrogen-bond acceptors (Lipinski definition) is 3. The maximum Gasteiger partial charge on any atom is 0.326 e. The fourth-order valence-electron chi connectivity index (χ4n) is 2.10. The predicted octanol–water partition coefficient (Wildman–Crippen LogP) is 1.18. The van der Waals surface area contributed by atoms with E-state index >= 15 is 0 Å². The van der Waals surface area contributed by atoms with Crippen LogP contribution in [0.15, 0.2) is 15.7 Å². The van der Waals surface area contributed by atoms with Crippen LogP contribution < -0.4 is 17.0 Å². The van der Waals surface area contributed by atoms with E-state index < -0.39 is 0 Å². The number of aromatic nitrogens is 3. The first kappa shape index (κ1) is 12.5. The lowest BCUT2D eigenvalue weighted by atomic mass is 10.2. The number of nitrogens with one attached hydrogen (secondary N) is 2. The first-order valence-electron chi connectivity index (χ1n) is 6.24. The van der Waals surface area contributed by atoms with Crippen LogP contribution in [0.25, 0.3) is 11.0 Å². The molecule has 0 fully saturated rings. The molecule has 4 N–H and O–H groups in total. The lowest BCUT2D eigenvalue weighted by Crippen LogP contribution is -2.16. The highest BCUT2D eigenvalue weighted by Gasteiger charge is 2.09. The van der Waals surface area contributed by atoms with Gasteiger partial charge in [-0.2, -0.15) is 0 Å². The van der Waals surface area contributed by atoms with Gasteiger partial charge in [-0.05, 0) is 6.42 Å². The molecule has 0 amide bonds. The third kappa shape index (κ3) is 2.32. The van der Waals surface area contributed by atoms with Crippen LogP contribution in [0.4, 0.5) is 5.82 Å². The van der Waals surface area contributed by atoms with Gasteiger partial charge in [0.2, 0.25) is 0 Å². The third-order valence-corrected chi connectivity index (χ3v) is 3.04. The van der Waals surface area contributed by atoms with Gasteiger partial charge in [0, 0.05) is 12.6 Å². The summed E-state index contributed by atoms with van der Waals surface area (Å²) < 4.78 is 1.58. The molecule has 0 spiro atoms. The Morgan fingerprint density at radius 1 is 1.22 bits per heavy atom. The molecule has 2 aromatic rings. The average Bonchev–Trinajstić information content (AvgIpc) is 2.62. The van der Waals surface area contributed by atoms with Gasteiger partial charge in [0.1, 0.15) is 11.3 Å². The van der Waals surface area contributed by atoms with Crippen LogP contribution in [-0.4, -0.2) is 14.5 Å². The van der Waals surface area contributed by atoms with Crippen molar-refractivity contribution < 1.29 is 0 Å². The van der Waals surface area contributed by atoms with E-state index in [2.05, 4.69) is 16.9 Å². The van der Waals surface area contributed by atoms with Gasteiger partial charge in [-0.3, -0.25) is 9.36 Å². The summed E-state index contributed by atoms with van der Waals surface area (Å²) in [5.74, 6) is 0.272. The standard InChI is InChI=1S/C12H18N4O2/c1-2-3-4-5-6-16-8-7-9(13)14-11(17)10(8)15-12(16)18/h7H,2-6H2,1H3,(H,15,18)(H3,13,14,17). The molecular weight excluding hydrogens is 232 g/mol. The maximum atomic E-state index is 11.8. The molecule has 0 aliphatic carbocycles. The second kappa shape index (κ2) is 5.12. The molecule has 2 heterocycles. The van der Waals surface area contributed by atoms with Crippen molar-refractivity contribution in [1.82, 2.24) is 14.5 Å². The van der Waals surface area contributed by atoms with E-state index in [-0.39, 0.29) is 17.1 Å². The number of nitrogens with two attached hydrogens (primary N) is 1. The Labute approximate surface area is 104 Å². The topological polar surface area (TPSA) is 96.7 Å². The zero-order chi connectivity index (χ0) is 13.1. The number of aryl methyl sites for hydroxylation is 1. The van der Waals surface area contributed by atoms with Gasteiger partial charge in [-0.15, -0.1) is 0 Å². The molecule has 0 radical (unpaired) electrons. The van der Waals surface area contributed by atoms with E-state index in [1.54, 1.807) is 10.6 Å². The summed E-state index contributed by atoms with van der Waals surface area (Å²) >= 11 is 0. The van der Waals surface area contributed by atoms with Crippen molar-refractivity contribution in [2.45, 2.75) is 39.2 Å². The zero-order valence-electron chi connectivity index (χ0n) is 10.5. The summed E-state index contributed by atoms with van der Waals surface area (Å²) in [6, 6.07) is 1.62. The number of hydrogen-bond donors (Lipinski definition) is 3. The summed E-state index contributed by atoms with van der Waals surface area (Å²) in [6.07, 6.45) is 4.30. The molecule has 6 nitrogen and oxygen atoms in total. The molecule has 0 atom stereocenters. The van der Waals surface area contributed by atoms with E-state index in [0.717, 1.165) is 25.7 Å². The minimum Gasteiger partial charge on any atom is -0.385 e. The Kier molecular flexibility index (Phi) is 3.55. The number of aromatic amines is 2. The number of nitrogen functional groups attached to an aromatic ring is 1. The number of pyridine rings is 1. The fraction of sp³-hybridized carbons (Fsp3) is 0.500. The second-order valence-corrected chi connectivity index (χ2v) is 4.46. The molecule has 6 heteroatoms. The molecule has 2 aromatic heterocycles. The zero-order valence-corrected chi connectivity index (χ0v) is 10.5. The molecule has 2 rings (SSSR count). The summed E-state index contributed by atoms with van der Waals surface area (Å²) in [7, 11) is 0. The van der Waals surface area contributed by atoms with Gasteiger partial charge in [0.05, 0.1) is 5.52 Å². The number of fused-ring (bicyclic) bond motifs is 1. The van der Waals surface area contributed by atoms with Crippen LogP contribution in [0.5, 0.6) is 0 Å². The monoisotopic (exact) mass is 250 g/mol. The Bertz CT molecular complexity index is 650. The number of imidazole rings is 1. The molecule has 0 saturated heterocycles. The molecule has 0 aliphatic heterocycles. The second-order valence-electron chi connectivity index (χ2n) is 4.46. The Balaban J connectivity index is 2.35. The van der Waals surface area contributed by atoms with Crippen molar-refractivity contribution in [2.75, 3.05) is 5.73 Å². The minimum atomic E-state index is -0.352. The Morgan fingerprint density at radius 3 is 2.72 bits per heavy atom. The summed E-state index contributed by atoms with van der Waals surface area (Å²) in [4.78, 5) is 28.4. The van der Waals surface area contributed by atoms with Crippen LogP contribution in [0.2, 0.25) is 0 Å². The van der Waals surface area contributed by atoms with Crippen LogP contribution in [-0.2, 0) is 6.54 Å². The third-order valence-electron chi connectivity index (χ3n) is 3.04. The lowest BCUT2D eigenvalue weighted by Gasteiger charge is -2.03. The number of nitrogens with zero attached hydrogens (tertiary/aromatic N) is 1. The van der Waals surface area contributed by atoms with Crippen molar-refractivity contribution in [2.24, 2.45) is 0 Å². The van der Waals surface area contributed by atoms with Crippen molar-refractivity contribution in [3.05, 3.63) is 26.9 Å². The van der Waals surface area contributed by atoms with E-state index in [4.69, 9.17) is 5.73 Å². The fourth-order valence-corrected chi connectivity index (χ4v) is 2.10. The molecule has 0 saturated carbocycles. The van der Waals surface area contributed by atoms with Crippen molar-refractivity contribution in [3.8, 4) is 0 Å². The minimum absolute atomic E-state index is 0.252. The van der Waals surface area contributed by atoms with Gasteiger partial charge in [0.25, 0.3) is 5.56 Å². The van der Waals surface area contributed by atoms with Gasteiger partial charge in [0.15, 0.2) is 0 Å². The molecule has 0 aromatic carbocycles. The predicted molar refractivity (Wildman–Crippen MR) is 71.7 cm³/mol. The Morgan fingerprint density at radius 2 is 2.00 bits per heavy atom. The van der Waals surface area contributed by atoms with Crippen LogP contribution in [0.3, 0.4) is 0 Å². The largest absolute Gasteiger partial charge is 0.385 e. The highest BCUT2D eigenvalue weighted by Crippen LogP contribution is 2.09. The number of H-pyrrole nitrogens is 2. The van der Waals surface area contributed by atoms with E-state index in [1.807, 2.05) is 0 Å². The Hall–Kier alpha value is -1.98. The first-order valence-corrected chi connectivity index (χ1v) is 6.24. The van der Waals surface area contributed by atoms with Gasteiger partial charge in [-0.1, -0.05) is 26.2 Å². The summed E-state index contributed by atoms with van der Waals surface area (Å²) in [5, 5.41) is 0. The van der Waals surface area contributed by atoms with Crippen molar-refractivity contribution >= 4 is 16.9 Å². The molecular formula is C12H18N4O2.